The second-order valence-electron chi connectivity index (χ2n) is 3.57. The highest BCUT2D eigenvalue weighted by atomic mass is 32.2. The maximum atomic E-state index is 11.5. The Hall–Kier alpha value is -1.70. The molecule has 0 aliphatic rings. The zero-order valence-electron chi connectivity index (χ0n) is 9.38. The lowest BCUT2D eigenvalue weighted by Crippen LogP contribution is -2.26. The van der Waals surface area contributed by atoms with Gasteiger partial charge in [0.15, 0.2) is 0 Å². The van der Waals surface area contributed by atoms with Gasteiger partial charge in [-0.3, -0.25) is 4.79 Å². The average molecular weight is 258 g/mol. The minimum absolute atomic E-state index is 0.0424. The fourth-order valence-corrected chi connectivity index (χ4v) is 1.75. The standard InChI is InChI=1S/C9H14N4O3S/c1-17(15,16)4-2-3-11-9(14)7-5-13-8(10)6-12-7/h5-6H,2-4H2,1H3,(H2,10,13)(H,11,14). The molecule has 7 nitrogen and oxygen atoms in total. The molecule has 0 spiro atoms. The lowest BCUT2D eigenvalue weighted by atomic mass is 10.4. The molecule has 94 valence electrons. The normalized spacial score (nSPS) is 11.1. The first-order chi connectivity index (χ1) is 7.88. The minimum atomic E-state index is -2.99. The molecule has 1 amide bonds. The molecule has 3 N–H and O–H groups in total. The van der Waals surface area contributed by atoms with E-state index >= 15 is 0 Å². The van der Waals surface area contributed by atoms with Gasteiger partial charge in [-0.1, -0.05) is 0 Å². The summed E-state index contributed by atoms with van der Waals surface area (Å²) in [5.74, 6) is -0.120. The van der Waals surface area contributed by atoms with E-state index in [0.717, 1.165) is 6.26 Å². The van der Waals surface area contributed by atoms with Crippen LogP contribution in [-0.4, -0.2) is 42.8 Å². The SMILES string of the molecule is CS(=O)(=O)CCCNC(=O)c1cnc(N)cn1. The molecule has 0 unspecified atom stereocenters. The van der Waals surface area contributed by atoms with Gasteiger partial charge in [-0.05, 0) is 6.42 Å². The molecule has 1 rings (SSSR count). The van der Waals surface area contributed by atoms with Crippen molar-refractivity contribution in [3.05, 3.63) is 18.1 Å². The number of nitrogens with zero attached hydrogens (tertiary/aromatic N) is 2. The van der Waals surface area contributed by atoms with E-state index in [1.54, 1.807) is 0 Å². The third kappa shape index (κ3) is 5.25. The molecule has 0 aliphatic carbocycles. The number of amides is 1. The monoisotopic (exact) mass is 258 g/mol. The van der Waals surface area contributed by atoms with Gasteiger partial charge < -0.3 is 11.1 Å². The highest BCUT2D eigenvalue weighted by Crippen LogP contribution is 1.96. The van der Waals surface area contributed by atoms with Crippen molar-refractivity contribution >= 4 is 21.6 Å². The van der Waals surface area contributed by atoms with Crippen molar-refractivity contribution in [1.82, 2.24) is 15.3 Å². The molecule has 17 heavy (non-hydrogen) atoms. The number of sulfone groups is 1. The largest absolute Gasteiger partial charge is 0.382 e. The van der Waals surface area contributed by atoms with Crippen LogP contribution in [0.1, 0.15) is 16.9 Å². The van der Waals surface area contributed by atoms with E-state index in [0.29, 0.717) is 6.42 Å². The maximum absolute atomic E-state index is 11.5. The first-order valence-electron chi connectivity index (χ1n) is 4.92. The minimum Gasteiger partial charge on any atom is -0.382 e. The molecule has 0 saturated carbocycles. The molecule has 0 atom stereocenters. The fraction of sp³-hybridized carbons (Fsp3) is 0.444. The number of nitrogens with two attached hydrogens (primary N) is 1. The number of rotatable bonds is 5. The van der Waals surface area contributed by atoms with Crippen molar-refractivity contribution in [2.45, 2.75) is 6.42 Å². The smallest absolute Gasteiger partial charge is 0.271 e. The van der Waals surface area contributed by atoms with Gasteiger partial charge in [-0.15, -0.1) is 0 Å². The molecular weight excluding hydrogens is 244 g/mol. The second-order valence-corrected chi connectivity index (χ2v) is 5.83. The Morgan fingerprint density at radius 2 is 2.12 bits per heavy atom. The Balaban J connectivity index is 2.38. The van der Waals surface area contributed by atoms with Gasteiger partial charge in [0.2, 0.25) is 0 Å². The quantitative estimate of drug-likeness (QED) is 0.670. The third-order valence-electron chi connectivity index (χ3n) is 1.88. The lowest BCUT2D eigenvalue weighted by Gasteiger charge is -2.03. The van der Waals surface area contributed by atoms with Crippen LogP contribution in [-0.2, 0) is 9.84 Å². The summed E-state index contributed by atoms with van der Waals surface area (Å²) < 4.78 is 21.7. The maximum Gasteiger partial charge on any atom is 0.271 e. The van der Waals surface area contributed by atoms with Gasteiger partial charge in [0.05, 0.1) is 18.1 Å². The van der Waals surface area contributed by atoms with Crippen LogP contribution in [0.2, 0.25) is 0 Å². The van der Waals surface area contributed by atoms with Crippen LogP contribution in [0, 0.1) is 0 Å². The van der Waals surface area contributed by atoms with Gasteiger partial charge >= 0.3 is 0 Å². The summed E-state index contributed by atoms with van der Waals surface area (Å²) in [6.07, 6.45) is 4.07. The van der Waals surface area contributed by atoms with Crippen molar-refractivity contribution in [2.24, 2.45) is 0 Å². The van der Waals surface area contributed by atoms with Crippen LogP contribution < -0.4 is 11.1 Å². The van der Waals surface area contributed by atoms with Crippen LogP contribution in [0.4, 0.5) is 5.82 Å². The number of nitrogen functional groups attached to an aromatic ring is 1. The van der Waals surface area contributed by atoms with E-state index in [4.69, 9.17) is 5.73 Å². The Morgan fingerprint density at radius 3 is 2.65 bits per heavy atom. The van der Waals surface area contributed by atoms with Crippen LogP contribution in [0.5, 0.6) is 0 Å². The van der Waals surface area contributed by atoms with E-state index < -0.39 is 15.7 Å². The third-order valence-corrected chi connectivity index (χ3v) is 2.91. The van der Waals surface area contributed by atoms with Crippen molar-refractivity contribution in [1.29, 1.82) is 0 Å². The highest BCUT2D eigenvalue weighted by molar-refractivity contribution is 7.90. The molecule has 0 bridgehead atoms. The Bertz CT molecular complexity index is 483. The Labute approximate surface area is 99.4 Å². The Kier molecular flexibility index (Phi) is 4.38. The fourth-order valence-electron chi connectivity index (χ4n) is 1.08. The van der Waals surface area contributed by atoms with Gasteiger partial charge in [-0.25, -0.2) is 18.4 Å². The molecule has 8 heteroatoms. The number of carbonyl (C=O) groups is 1. The number of aromatic nitrogens is 2. The molecule has 1 heterocycles. The van der Waals surface area contributed by atoms with Crippen LogP contribution >= 0.6 is 0 Å². The van der Waals surface area contributed by atoms with Gasteiger partial charge in [0.25, 0.3) is 5.91 Å². The first-order valence-corrected chi connectivity index (χ1v) is 6.98. The molecular formula is C9H14N4O3S. The second kappa shape index (κ2) is 5.58. The predicted molar refractivity (Wildman–Crippen MR) is 63.1 cm³/mol. The van der Waals surface area contributed by atoms with E-state index in [2.05, 4.69) is 15.3 Å². The van der Waals surface area contributed by atoms with Gasteiger partial charge in [0, 0.05) is 12.8 Å². The van der Waals surface area contributed by atoms with E-state index in [-0.39, 0.29) is 23.8 Å². The first kappa shape index (κ1) is 13.4. The summed E-state index contributed by atoms with van der Waals surface area (Å²) in [6.45, 7) is 0.276. The van der Waals surface area contributed by atoms with E-state index in [1.807, 2.05) is 0 Å². The van der Waals surface area contributed by atoms with Gasteiger partial charge in [-0.2, -0.15) is 0 Å². The molecule has 0 saturated heterocycles. The molecule has 0 aromatic carbocycles. The van der Waals surface area contributed by atoms with E-state index in [1.165, 1.54) is 12.4 Å². The Morgan fingerprint density at radius 1 is 1.41 bits per heavy atom. The number of hydrogen-bond acceptors (Lipinski definition) is 6. The lowest BCUT2D eigenvalue weighted by molar-refractivity contribution is 0.0948. The van der Waals surface area contributed by atoms with Crippen molar-refractivity contribution < 1.29 is 13.2 Å². The van der Waals surface area contributed by atoms with E-state index in [9.17, 15) is 13.2 Å². The number of nitrogens with one attached hydrogen (secondary N) is 1. The van der Waals surface area contributed by atoms with Gasteiger partial charge in [0.1, 0.15) is 21.3 Å². The van der Waals surface area contributed by atoms with Crippen molar-refractivity contribution in [3.8, 4) is 0 Å². The molecule has 1 aromatic heterocycles. The number of hydrogen-bond donors (Lipinski definition) is 2. The molecule has 0 fully saturated rings. The van der Waals surface area contributed by atoms with Crippen LogP contribution in [0.15, 0.2) is 12.4 Å². The summed E-state index contributed by atoms with van der Waals surface area (Å²) in [7, 11) is -2.99. The zero-order valence-corrected chi connectivity index (χ0v) is 10.2. The average Bonchev–Trinajstić information content (AvgIpc) is 2.24. The summed E-state index contributed by atoms with van der Waals surface area (Å²) >= 11 is 0. The van der Waals surface area contributed by atoms with Crippen LogP contribution in [0.3, 0.4) is 0 Å². The predicted octanol–water partition coefficient (Wildman–Crippen LogP) is -0.777. The number of carbonyl (C=O) groups excluding carboxylic acids is 1. The summed E-state index contributed by atoms with van der Waals surface area (Å²) in [4.78, 5) is 19.0. The van der Waals surface area contributed by atoms with Crippen molar-refractivity contribution in [3.63, 3.8) is 0 Å². The van der Waals surface area contributed by atoms with Crippen molar-refractivity contribution in [2.75, 3.05) is 24.3 Å². The summed E-state index contributed by atoms with van der Waals surface area (Å²) in [5.41, 5.74) is 5.48. The number of anilines is 1. The molecule has 0 radical (unpaired) electrons. The zero-order chi connectivity index (χ0) is 12.9. The topological polar surface area (TPSA) is 115 Å². The molecule has 0 aliphatic heterocycles. The summed E-state index contributed by atoms with van der Waals surface area (Å²) in [6, 6.07) is 0. The van der Waals surface area contributed by atoms with Crippen LogP contribution in [0.25, 0.3) is 0 Å². The summed E-state index contributed by atoms with van der Waals surface area (Å²) in [5, 5.41) is 2.54. The highest BCUT2D eigenvalue weighted by Gasteiger charge is 2.07. The molecule has 1 aromatic rings.